The summed E-state index contributed by atoms with van der Waals surface area (Å²) in [6.07, 6.45) is -1.81. The molecule has 0 unspecified atom stereocenters. The van der Waals surface area contributed by atoms with Crippen molar-refractivity contribution in [2.24, 2.45) is 17.3 Å². The van der Waals surface area contributed by atoms with Crippen molar-refractivity contribution >= 4 is 0 Å². The molecule has 0 amide bonds. The summed E-state index contributed by atoms with van der Waals surface area (Å²) in [5.41, 5.74) is -0.560. The molecule has 0 saturated heterocycles. The first-order valence-electron chi connectivity index (χ1n) is 6.94. The molecule has 0 radical (unpaired) electrons. The van der Waals surface area contributed by atoms with Gasteiger partial charge < -0.3 is 0 Å². The van der Waals surface area contributed by atoms with E-state index < -0.39 is 17.6 Å². The molecule has 2 rings (SSSR count). The fraction of sp³-hybridized carbons (Fsp3) is 0.625. The largest absolute Gasteiger partial charge is 0.416 e. The van der Waals surface area contributed by atoms with Gasteiger partial charge in [-0.3, -0.25) is 0 Å². The van der Waals surface area contributed by atoms with Crippen LogP contribution < -0.4 is 0 Å². The molecular weight excluding hydrogens is 268 g/mol. The van der Waals surface area contributed by atoms with Crippen LogP contribution in [-0.2, 0) is 12.6 Å². The van der Waals surface area contributed by atoms with Crippen LogP contribution in [0.5, 0.6) is 0 Å². The topological polar surface area (TPSA) is 0 Å². The van der Waals surface area contributed by atoms with Gasteiger partial charge >= 0.3 is 6.18 Å². The second kappa shape index (κ2) is 5.05. The normalized spacial score (nSPS) is 23.6. The molecule has 112 valence electrons. The van der Waals surface area contributed by atoms with E-state index in [2.05, 4.69) is 20.8 Å². The van der Waals surface area contributed by atoms with Crippen molar-refractivity contribution in [3.8, 4) is 0 Å². The minimum Gasteiger partial charge on any atom is -0.207 e. The van der Waals surface area contributed by atoms with Gasteiger partial charge in [-0.25, -0.2) is 4.39 Å². The molecule has 0 aliphatic heterocycles. The third kappa shape index (κ3) is 3.33. The van der Waals surface area contributed by atoms with Gasteiger partial charge in [0.05, 0.1) is 5.56 Å². The summed E-state index contributed by atoms with van der Waals surface area (Å²) >= 11 is 0. The number of halogens is 4. The van der Waals surface area contributed by atoms with Crippen molar-refractivity contribution in [1.29, 1.82) is 0 Å². The molecule has 20 heavy (non-hydrogen) atoms. The first-order valence-corrected chi connectivity index (χ1v) is 6.94. The minimum atomic E-state index is -4.49. The smallest absolute Gasteiger partial charge is 0.207 e. The molecule has 0 spiro atoms. The lowest BCUT2D eigenvalue weighted by atomic mass is 9.61. The zero-order valence-corrected chi connectivity index (χ0v) is 12.0. The van der Waals surface area contributed by atoms with Gasteiger partial charge in [0.15, 0.2) is 0 Å². The summed E-state index contributed by atoms with van der Waals surface area (Å²) in [6.45, 7) is 6.29. The van der Waals surface area contributed by atoms with Gasteiger partial charge in [-0.2, -0.15) is 13.2 Å². The van der Waals surface area contributed by atoms with Crippen LogP contribution in [0.25, 0.3) is 0 Å². The molecule has 1 saturated carbocycles. The lowest BCUT2D eigenvalue weighted by Crippen LogP contribution is -2.36. The Morgan fingerprint density at radius 1 is 1.10 bits per heavy atom. The van der Waals surface area contributed by atoms with Crippen LogP contribution in [0.4, 0.5) is 17.6 Å². The van der Waals surface area contributed by atoms with Crippen molar-refractivity contribution < 1.29 is 17.6 Å². The fourth-order valence-electron chi connectivity index (χ4n) is 3.13. The van der Waals surface area contributed by atoms with E-state index in [0.717, 1.165) is 18.9 Å². The first-order chi connectivity index (χ1) is 9.08. The molecule has 0 heterocycles. The maximum absolute atomic E-state index is 13.4. The Labute approximate surface area is 117 Å². The van der Waals surface area contributed by atoms with Crippen LogP contribution in [0.3, 0.4) is 0 Å². The Morgan fingerprint density at radius 2 is 1.70 bits per heavy atom. The van der Waals surface area contributed by atoms with E-state index in [4.69, 9.17) is 0 Å². The van der Waals surface area contributed by atoms with Gasteiger partial charge in [0.25, 0.3) is 0 Å². The molecule has 4 heteroatoms. The van der Waals surface area contributed by atoms with Gasteiger partial charge in [-0.15, -0.1) is 0 Å². The summed E-state index contributed by atoms with van der Waals surface area (Å²) in [6, 6.07) is 2.86. The molecule has 0 atom stereocenters. The van der Waals surface area contributed by atoms with E-state index >= 15 is 0 Å². The average Bonchev–Trinajstić information content (AvgIpc) is 2.22. The van der Waals surface area contributed by atoms with Gasteiger partial charge in [-0.1, -0.05) is 20.8 Å². The average molecular weight is 288 g/mol. The highest BCUT2D eigenvalue weighted by Crippen LogP contribution is 2.47. The first kappa shape index (κ1) is 15.3. The zero-order valence-electron chi connectivity index (χ0n) is 12.0. The predicted octanol–water partition coefficient (Wildman–Crippen LogP) is 5.46. The second-order valence-corrected chi connectivity index (χ2v) is 6.78. The SMILES string of the molecule is CC1CC(C(C)(C)Cc2cc(F)cc(C(F)(F)F)c2)C1. The Bertz CT molecular complexity index is 482. The van der Waals surface area contributed by atoms with Crippen LogP contribution in [-0.4, -0.2) is 0 Å². The zero-order chi connectivity index (χ0) is 15.1. The third-order valence-electron chi connectivity index (χ3n) is 4.42. The lowest BCUT2D eigenvalue weighted by molar-refractivity contribution is -0.137. The molecule has 1 aromatic rings. The predicted molar refractivity (Wildman–Crippen MR) is 70.8 cm³/mol. The quantitative estimate of drug-likeness (QED) is 0.648. The van der Waals surface area contributed by atoms with Crippen LogP contribution in [0.15, 0.2) is 18.2 Å². The Balaban J connectivity index is 2.19. The Hall–Kier alpha value is -1.06. The van der Waals surface area contributed by atoms with E-state index in [1.165, 1.54) is 6.07 Å². The van der Waals surface area contributed by atoms with Crippen LogP contribution in [0.1, 0.15) is 44.7 Å². The Morgan fingerprint density at radius 3 is 2.20 bits per heavy atom. The standard InChI is InChI=1S/C16H20F4/c1-10-4-12(5-10)15(2,3)9-11-6-13(16(18,19)20)8-14(17)7-11/h6-8,10,12H,4-5,9H2,1-3H3. The molecule has 0 aromatic heterocycles. The maximum atomic E-state index is 13.4. The van der Waals surface area contributed by atoms with Crippen molar-refractivity contribution in [2.45, 2.75) is 46.2 Å². The van der Waals surface area contributed by atoms with Gasteiger partial charge in [0.2, 0.25) is 0 Å². The van der Waals surface area contributed by atoms with Crippen LogP contribution in [0, 0.1) is 23.1 Å². The maximum Gasteiger partial charge on any atom is 0.416 e. The van der Waals surface area contributed by atoms with Crippen LogP contribution >= 0.6 is 0 Å². The molecule has 1 fully saturated rings. The number of benzene rings is 1. The van der Waals surface area contributed by atoms with Gasteiger partial charge in [0, 0.05) is 0 Å². The minimum absolute atomic E-state index is 0.0941. The van der Waals surface area contributed by atoms with E-state index in [0.29, 0.717) is 29.9 Å². The number of rotatable bonds is 3. The molecule has 1 aromatic carbocycles. The van der Waals surface area contributed by atoms with Crippen LogP contribution in [0.2, 0.25) is 0 Å². The highest BCUT2D eigenvalue weighted by atomic mass is 19.4. The van der Waals surface area contributed by atoms with E-state index in [1.807, 2.05) is 0 Å². The summed E-state index contributed by atoms with van der Waals surface area (Å²) in [5.74, 6) is 0.389. The third-order valence-corrected chi connectivity index (χ3v) is 4.42. The van der Waals surface area contributed by atoms with E-state index in [1.54, 1.807) is 0 Å². The molecule has 0 bridgehead atoms. The van der Waals surface area contributed by atoms with Gasteiger partial charge in [-0.05, 0) is 60.3 Å². The lowest BCUT2D eigenvalue weighted by Gasteiger charge is -2.44. The summed E-state index contributed by atoms with van der Waals surface area (Å²) in [5, 5.41) is 0. The Kier molecular flexibility index (Phi) is 3.87. The highest BCUT2D eigenvalue weighted by Gasteiger charge is 2.38. The van der Waals surface area contributed by atoms with Crippen molar-refractivity contribution in [2.75, 3.05) is 0 Å². The van der Waals surface area contributed by atoms with Gasteiger partial charge in [0.1, 0.15) is 5.82 Å². The molecule has 0 N–H and O–H groups in total. The number of hydrogen-bond acceptors (Lipinski definition) is 0. The summed E-state index contributed by atoms with van der Waals surface area (Å²) in [7, 11) is 0. The van der Waals surface area contributed by atoms with E-state index in [9.17, 15) is 17.6 Å². The van der Waals surface area contributed by atoms with Crippen molar-refractivity contribution in [3.05, 3.63) is 35.1 Å². The monoisotopic (exact) mass is 288 g/mol. The molecular formula is C16H20F4. The van der Waals surface area contributed by atoms with E-state index in [-0.39, 0.29) is 5.41 Å². The molecule has 1 aliphatic rings. The fourth-order valence-corrected chi connectivity index (χ4v) is 3.13. The summed E-state index contributed by atoms with van der Waals surface area (Å²) < 4.78 is 51.5. The molecule has 1 aliphatic carbocycles. The van der Waals surface area contributed by atoms with Crippen molar-refractivity contribution in [3.63, 3.8) is 0 Å². The number of alkyl halides is 3. The highest BCUT2D eigenvalue weighted by molar-refractivity contribution is 5.27. The summed E-state index contributed by atoms with van der Waals surface area (Å²) in [4.78, 5) is 0. The second-order valence-electron chi connectivity index (χ2n) is 6.78. The number of hydrogen-bond donors (Lipinski definition) is 0. The molecule has 0 nitrogen and oxygen atoms in total. The van der Waals surface area contributed by atoms with Crippen molar-refractivity contribution in [1.82, 2.24) is 0 Å².